The minimum absolute atomic E-state index is 0.00849. The van der Waals surface area contributed by atoms with Crippen molar-refractivity contribution in [3.05, 3.63) is 143 Å². The maximum atomic E-state index is 12.2. The van der Waals surface area contributed by atoms with Crippen LogP contribution < -0.4 is 11.1 Å². The average Bonchev–Trinajstić information content (AvgIpc) is 1.46. The molecule has 10 heterocycles. The first-order valence-electron chi connectivity index (χ1n) is 35.3. The van der Waals surface area contributed by atoms with Gasteiger partial charge in [0.15, 0.2) is 5.70 Å². The smallest absolute Gasteiger partial charge is 0.307 e. The summed E-state index contributed by atoms with van der Waals surface area (Å²) in [7, 11) is -6.23. The standard InChI is InChI=1S/C20H24O7S2.C13H17NO.C11H14N2O3.C8H12N2O.C7H9N.C6H11NO.C6H12O3.C2H5ClO2S/c1-15-3-9-19(10-4-15)28(21,22)25-13-17-7-8-18(27-17)14-26-29(23,24)20-11-5-16(2)6-12-20;1-2-4-11(5-3-1)8-14-9-12-6-7-13(10-14)15-12;1-8(14)15-7-9(4-12)13-5-10-2-3-11(6-13)16-10;9-3-4-10-5-7-1-2-8(6-10)11-7;8-6-7-4-2-1-3-5-7;1-2-6-4-7-3-5(1)8-6;7-3-5-1-2-6(4-8)9-5;1-2-6(3,4)5/h3-6,9-12,17-18H,7-8,13-14H2,1-2H3;1-5,12-13H,6-10H2;7,10-11H,2-3,5-6H2,1H3;7-8H,1-2,4-6H2;1-5H,6,8H2;5-7H,1-4H2;5-8H,1-4H2;2H2,1H3/b;;9-7+;;;;;. The van der Waals surface area contributed by atoms with Crippen LogP contribution in [0.25, 0.3) is 0 Å². The van der Waals surface area contributed by atoms with E-state index in [1.807, 2.05) is 49.1 Å². The van der Waals surface area contributed by atoms with Gasteiger partial charge >= 0.3 is 5.97 Å². The molecule has 10 aliphatic heterocycles. The Labute approximate surface area is 608 Å². The van der Waals surface area contributed by atoms with Crippen molar-refractivity contribution in [1.29, 1.82) is 10.5 Å². The van der Waals surface area contributed by atoms with Crippen LogP contribution in [-0.2, 0) is 88.7 Å². The normalized spacial score (nSPS) is 26.8. The molecule has 10 fully saturated rings. The number of nitrogens with zero attached hydrogens (tertiary/aromatic N) is 5. The van der Waals surface area contributed by atoms with Crippen molar-refractivity contribution in [2.45, 2.75) is 201 Å². The van der Waals surface area contributed by atoms with E-state index in [-0.39, 0.29) is 66.4 Å². The van der Waals surface area contributed by atoms with Crippen LogP contribution in [0, 0.1) is 36.5 Å². The maximum absolute atomic E-state index is 12.2. The van der Waals surface area contributed by atoms with Gasteiger partial charge in [-0.3, -0.25) is 23.0 Å². The number of likely N-dealkylation sites (tertiary alicyclic amines) is 3. The summed E-state index contributed by atoms with van der Waals surface area (Å²) in [5.74, 6) is -0.404. The van der Waals surface area contributed by atoms with E-state index >= 15 is 0 Å². The van der Waals surface area contributed by atoms with Crippen LogP contribution in [0.15, 0.2) is 131 Å². The Morgan fingerprint density at radius 1 is 0.559 bits per heavy atom. The van der Waals surface area contributed by atoms with Crippen LogP contribution in [0.3, 0.4) is 0 Å². The van der Waals surface area contributed by atoms with Crippen molar-refractivity contribution in [2.24, 2.45) is 5.73 Å². The Morgan fingerprint density at radius 2 is 0.931 bits per heavy atom. The highest BCUT2D eigenvalue weighted by Gasteiger charge is 2.37. The number of halogens is 1. The Balaban J connectivity index is 0.000000173. The maximum Gasteiger partial charge on any atom is 0.307 e. The Bertz CT molecular complexity index is 3450. The lowest BCUT2D eigenvalue weighted by molar-refractivity contribution is -0.135. The summed E-state index contributed by atoms with van der Waals surface area (Å²) in [6.07, 6.45) is 16.1. The molecule has 14 rings (SSSR count). The molecule has 4 aromatic carbocycles. The van der Waals surface area contributed by atoms with Crippen LogP contribution in [0.4, 0.5) is 0 Å². The number of fused-ring (bicyclic) bond motifs is 8. The number of carbonyl (C=O) groups excluding carboxylic acids is 1. The minimum Gasteiger partial charge on any atom is -0.432 e. The first-order valence-corrected chi connectivity index (χ1v) is 40.5. The van der Waals surface area contributed by atoms with E-state index in [1.54, 1.807) is 24.3 Å². The second-order valence-electron chi connectivity index (χ2n) is 26.5. The van der Waals surface area contributed by atoms with E-state index in [1.165, 1.54) is 94.0 Å². The van der Waals surface area contributed by atoms with E-state index in [4.69, 9.17) is 68.0 Å². The molecule has 25 nitrogen and oxygen atoms in total. The van der Waals surface area contributed by atoms with Gasteiger partial charge in [-0.05, 0) is 126 Å². The number of rotatable bonds is 17. The van der Waals surface area contributed by atoms with Gasteiger partial charge in [-0.15, -0.1) is 0 Å². The Hall–Kier alpha value is -5.55. The molecule has 8 bridgehead atoms. The number of allylic oxidation sites excluding steroid dienone is 1. The zero-order valence-electron chi connectivity index (χ0n) is 59.0. The number of ether oxygens (including phenoxy) is 7. The number of benzene rings is 4. The number of hydrogen-bond acceptors (Lipinski definition) is 25. The summed E-state index contributed by atoms with van der Waals surface area (Å²) >= 11 is 0. The van der Waals surface area contributed by atoms with E-state index in [9.17, 15) is 30.0 Å². The van der Waals surface area contributed by atoms with Gasteiger partial charge in [-0.1, -0.05) is 103 Å². The number of nitrogens with two attached hydrogens (primary N) is 1. The molecule has 10 saturated heterocycles. The fraction of sp³-hybridized carbons (Fsp3) is 0.603. The van der Waals surface area contributed by atoms with Crippen LogP contribution in [0.2, 0.25) is 0 Å². The molecule has 10 aliphatic rings. The predicted octanol–water partition coefficient (Wildman–Crippen LogP) is 7.54. The molecule has 0 aliphatic carbocycles. The summed E-state index contributed by atoms with van der Waals surface area (Å²) in [6, 6.07) is 37.7. The van der Waals surface area contributed by atoms with Crippen LogP contribution in [-0.4, -0.2) is 220 Å². The Kier molecular flexibility index (Phi) is 35.4. The van der Waals surface area contributed by atoms with Gasteiger partial charge in [0.05, 0.1) is 128 Å². The molecule has 5 N–H and O–H groups in total. The predicted molar refractivity (Wildman–Crippen MR) is 383 cm³/mol. The summed E-state index contributed by atoms with van der Waals surface area (Å²) < 4.78 is 117. The van der Waals surface area contributed by atoms with Crippen LogP contribution in [0.5, 0.6) is 0 Å². The highest BCUT2D eigenvalue weighted by Crippen LogP contribution is 2.31. The van der Waals surface area contributed by atoms with Gasteiger partial charge < -0.3 is 59.3 Å². The Morgan fingerprint density at radius 3 is 1.28 bits per heavy atom. The van der Waals surface area contributed by atoms with Gasteiger partial charge in [-0.25, -0.2) is 8.42 Å². The van der Waals surface area contributed by atoms with Gasteiger partial charge in [0.1, 0.15) is 12.3 Å². The van der Waals surface area contributed by atoms with Gasteiger partial charge in [-0.2, -0.15) is 27.4 Å². The molecule has 4 aromatic rings. The monoisotopic (exact) mass is 1500 g/mol. The number of hydrogen-bond donors (Lipinski definition) is 4. The van der Waals surface area contributed by atoms with Gasteiger partial charge in [0, 0.05) is 83.1 Å². The van der Waals surface area contributed by atoms with Crippen molar-refractivity contribution in [2.75, 3.05) is 91.1 Å². The molecule has 12 unspecified atom stereocenters. The zero-order valence-corrected chi connectivity index (χ0v) is 62.2. The van der Waals surface area contributed by atoms with Gasteiger partial charge in [0.25, 0.3) is 20.2 Å². The minimum atomic E-state index is -3.86. The number of aryl methyl sites for hydroxylation is 2. The number of esters is 1. The number of morpholine rings is 4. The third kappa shape index (κ3) is 30.1. The van der Waals surface area contributed by atoms with Crippen molar-refractivity contribution >= 4 is 45.9 Å². The number of carbonyl (C=O) groups is 1. The lowest BCUT2D eigenvalue weighted by Gasteiger charge is -2.32. The van der Waals surface area contributed by atoms with Crippen LogP contribution >= 0.6 is 10.7 Å². The molecule has 0 saturated carbocycles. The second kappa shape index (κ2) is 43.2. The van der Waals surface area contributed by atoms with Crippen molar-refractivity contribution in [3.8, 4) is 12.1 Å². The third-order valence-electron chi connectivity index (χ3n) is 18.2. The molecule has 29 heteroatoms. The number of aliphatic hydroxyl groups excluding tert-OH is 2. The van der Waals surface area contributed by atoms with E-state index in [0.29, 0.717) is 81.3 Å². The molecule has 564 valence electrons. The van der Waals surface area contributed by atoms with Gasteiger partial charge in [0.2, 0.25) is 9.05 Å². The molecular weight excluding hydrogens is 1390 g/mol. The number of nitriles is 2. The lowest BCUT2D eigenvalue weighted by atomic mass is 10.2. The van der Waals surface area contributed by atoms with Crippen LogP contribution in [0.1, 0.15) is 113 Å². The summed E-state index contributed by atoms with van der Waals surface area (Å²) in [6.45, 7) is 16.5. The topological polar surface area (TPSA) is 338 Å². The molecule has 0 spiro atoms. The van der Waals surface area contributed by atoms with E-state index in [0.717, 1.165) is 82.6 Å². The first-order chi connectivity index (χ1) is 48.9. The molecule has 102 heavy (non-hydrogen) atoms. The third-order valence-corrected chi connectivity index (χ3v) is 22.2. The quantitative estimate of drug-likeness (QED) is 0.0198. The SMILES string of the molecule is C1CC2CNCC1O2.CC(=O)O/C=C(\C#N)N1CC2CCC(C1)O2.CCS(=O)(=O)Cl.Cc1ccc(S(=O)(=O)OCC2CCC(COS(=O)(=O)c3ccc(C)cc3)O2)cc1.N#CCN1CC2CCC(C1)O2.NCc1ccccc1.OCC1CCC(CO)O1.c1ccc(CN2CC3CCC(C2)O3)cc1. The fourth-order valence-electron chi connectivity index (χ4n) is 12.8. The summed E-state index contributed by atoms with van der Waals surface area (Å²) in [5.41, 5.74) is 10.3. The zero-order chi connectivity index (χ0) is 73.5. The average molecular weight is 1500 g/mol. The molecule has 0 radical (unpaired) electrons. The molecule has 0 amide bonds. The highest BCUT2D eigenvalue weighted by molar-refractivity contribution is 8.13. The van der Waals surface area contributed by atoms with E-state index < -0.39 is 47.5 Å². The number of nitrogens with one attached hydrogen (secondary N) is 1. The first kappa shape index (κ1) is 83.7. The van der Waals surface area contributed by atoms with Crippen molar-refractivity contribution in [3.63, 3.8) is 0 Å². The molecule has 0 aromatic heterocycles. The lowest BCUT2D eigenvalue weighted by Crippen LogP contribution is -2.42. The van der Waals surface area contributed by atoms with E-state index in [2.05, 4.69) is 68.3 Å². The van der Waals surface area contributed by atoms with Crippen molar-refractivity contribution in [1.82, 2.24) is 20.0 Å². The number of aliphatic hydroxyl groups is 2. The summed E-state index contributed by atoms with van der Waals surface area (Å²) in [5, 5.41) is 37.9. The largest absolute Gasteiger partial charge is 0.432 e. The summed E-state index contributed by atoms with van der Waals surface area (Å²) in [4.78, 5) is 17.5. The highest BCUT2D eigenvalue weighted by atomic mass is 35.7. The molecular formula is C73H104ClN7O18S3. The second-order valence-corrected chi connectivity index (χ2v) is 32.8. The van der Waals surface area contributed by atoms with Crippen molar-refractivity contribution < 1.29 is 81.8 Å². The fourth-order valence-corrected chi connectivity index (χ4v) is 14.6. The molecule has 12 atom stereocenters.